The van der Waals surface area contributed by atoms with E-state index in [1.807, 2.05) is 4.90 Å². The van der Waals surface area contributed by atoms with Gasteiger partial charge in [0.2, 0.25) is 0 Å². The van der Waals surface area contributed by atoms with Gasteiger partial charge in [0.1, 0.15) is 17.9 Å². The van der Waals surface area contributed by atoms with E-state index in [1.165, 1.54) is 13.0 Å². The van der Waals surface area contributed by atoms with Crippen LogP contribution in [0.4, 0.5) is 11.4 Å². The van der Waals surface area contributed by atoms with Crippen molar-refractivity contribution in [2.45, 2.75) is 19.1 Å². The number of hydrogen-bond donors (Lipinski definition) is 0. The van der Waals surface area contributed by atoms with E-state index in [0.717, 1.165) is 0 Å². The summed E-state index contributed by atoms with van der Waals surface area (Å²) in [7, 11) is 3.18. The van der Waals surface area contributed by atoms with E-state index in [0.29, 0.717) is 24.3 Å². The lowest BCUT2D eigenvalue weighted by Gasteiger charge is -2.18. The number of carbonyl (C=O) groups excluding carboxylic acids is 1. The van der Waals surface area contributed by atoms with Gasteiger partial charge in [0.25, 0.3) is 5.69 Å². The lowest BCUT2D eigenvalue weighted by molar-refractivity contribution is -0.384. The molecule has 2 rings (SSSR count). The fourth-order valence-electron chi connectivity index (χ4n) is 2.55. The lowest BCUT2D eigenvalue weighted by Crippen LogP contribution is -2.27. The molecule has 114 valence electrons. The van der Waals surface area contributed by atoms with Crippen molar-refractivity contribution in [1.82, 2.24) is 0 Å². The highest BCUT2D eigenvalue weighted by Gasteiger charge is 2.35. The maximum atomic E-state index is 11.4. The number of rotatable bonds is 5. The number of nitro groups is 1. The first-order chi connectivity index (χ1) is 9.97. The molecule has 1 saturated heterocycles. The van der Waals surface area contributed by atoms with Crippen LogP contribution >= 0.6 is 0 Å². The summed E-state index contributed by atoms with van der Waals surface area (Å²) < 4.78 is 10.7. The molecule has 21 heavy (non-hydrogen) atoms. The zero-order valence-corrected chi connectivity index (χ0v) is 12.2. The molecule has 0 N–H and O–H groups in total. The van der Waals surface area contributed by atoms with Crippen molar-refractivity contribution in [1.29, 1.82) is 0 Å². The van der Waals surface area contributed by atoms with Gasteiger partial charge in [-0.3, -0.25) is 14.9 Å². The minimum absolute atomic E-state index is 0.0747. The molecule has 0 aliphatic carbocycles. The number of ketones is 1. The molecule has 0 saturated carbocycles. The van der Waals surface area contributed by atoms with Gasteiger partial charge in [0, 0.05) is 38.9 Å². The third-order valence-corrected chi connectivity index (χ3v) is 3.74. The molecule has 0 amide bonds. The Kier molecular flexibility index (Phi) is 4.54. The maximum Gasteiger partial charge on any atom is 0.293 e. The Morgan fingerprint density at radius 1 is 1.29 bits per heavy atom. The van der Waals surface area contributed by atoms with Gasteiger partial charge in [0.05, 0.1) is 4.92 Å². The number of benzene rings is 1. The van der Waals surface area contributed by atoms with Crippen molar-refractivity contribution >= 4 is 17.2 Å². The molecule has 0 bridgehead atoms. The average molecular weight is 294 g/mol. The number of methoxy groups -OCH3 is 2. The summed E-state index contributed by atoms with van der Waals surface area (Å²) in [6.07, 6.45) is -0.274. The molecule has 7 nitrogen and oxygen atoms in total. The van der Waals surface area contributed by atoms with E-state index >= 15 is 0 Å². The number of nitro benzene ring substituents is 1. The molecule has 1 heterocycles. The quantitative estimate of drug-likeness (QED) is 0.466. The molecule has 2 atom stereocenters. The molecule has 0 spiro atoms. The second kappa shape index (κ2) is 6.19. The highest BCUT2D eigenvalue weighted by molar-refractivity contribution is 5.95. The molecule has 2 unspecified atom stereocenters. The van der Waals surface area contributed by atoms with Crippen molar-refractivity contribution in [3.63, 3.8) is 0 Å². The van der Waals surface area contributed by atoms with Crippen LogP contribution < -0.4 is 4.90 Å². The minimum Gasteiger partial charge on any atom is -0.377 e. The molecular formula is C14H18N2O5. The number of nitrogens with zero attached hydrogens (tertiary/aromatic N) is 2. The number of ether oxygens (including phenoxy) is 2. The van der Waals surface area contributed by atoms with Gasteiger partial charge in [-0.1, -0.05) is 0 Å². The number of anilines is 1. The highest BCUT2D eigenvalue weighted by Crippen LogP contribution is 2.32. The summed E-state index contributed by atoms with van der Waals surface area (Å²) in [5.41, 5.74) is 0.733. The van der Waals surface area contributed by atoms with Crippen molar-refractivity contribution in [3.8, 4) is 0 Å². The lowest BCUT2D eigenvalue weighted by atomic mass is 10.1. The number of hydrogen-bond acceptors (Lipinski definition) is 6. The predicted octanol–water partition coefficient (Wildman–Crippen LogP) is 1.65. The van der Waals surface area contributed by atoms with Gasteiger partial charge in [-0.2, -0.15) is 0 Å². The van der Waals surface area contributed by atoms with Gasteiger partial charge >= 0.3 is 0 Å². The summed E-state index contributed by atoms with van der Waals surface area (Å²) in [6.45, 7) is 2.40. The summed E-state index contributed by atoms with van der Waals surface area (Å²) in [5.74, 6) is -0.199. The van der Waals surface area contributed by atoms with Crippen molar-refractivity contribution < 1.29 is 19.2 Å². The van der Waals surface area contributed by atoms with E-state index < -0.39 is 4.92 Å². The van der Waals surface area contributed by atoms with E-state index in [1.54, 1.807) is 26.4 Å². The largest absolute Gasteiger partial charge is 0.377 e. The number of carbonyl (C=O) groups is 1. The molecule has 0 radical (unpaired) electrons. The Balaban J connectivity index is 2.36. The summed E-state index contributed by atoms with van der Waals surface area (Å²) >= 11 is 0. The first kappa shape index (κ1) is 15.4. The minimum atomic E-state index is -0.469. The van der Waals surface area contributed by atoms with Gasteiger partial charge < -0.3 is 14.4 Å². The SMILES string of the molecule is COC1CN(c2ccc(C(C)=O)cc2[N+](=O)[O-])CC1OC. The van der Waals surface area contributed by atoms with Crippen LogP contribution in [0.15, 0.2) is 18.2 Å². The van der Waals surface area contributed by atoms with Gasteiger partial charge in [-0.25, -0.2) is 0 Å². The smallest absolute Gasteiger partial charge is 0.293 e. The molecule has 1 aromatic carbocycles. The third-order valence-electron chi connectivity index (χ3n) is 3.74. The molecule has 1 aliphatic heterocycles. The van der Waals surface area contributed by atoms with Gasteiger partial charge in [-0.15, -0.1) is 0 Å². The molecule has 1 aliphatic rings. The van der Waals surface area contributed by atoms with Crippen LogP contribution in [0, 0.1) is 10.1 Å². The summed E-state index contributed by atoms with van der Waals surface area (Å²) in [6, 6.07) is 4.53. The fourth-order valence-corrected chi connectivity index (χ4v) is 2.55. The van der Waals surface area contributed by atoms with E-state index in [9.17, 15) is 14.9 Å². The Bertz CT molecular complexity index is 548. The van der Waals surface area contributed by atoms with Crippen LogP contribution in [0.25, 0.3) is 0 Å². The van der Waals surface area contributed by atoms with Crippen molar-refractivity contribution in [3.05, 3.63) is 33.9 Å². The van der Waals surface area contributed by atoms with Gasteiger partial charge in [-0.05, 0) is 19.1 Å². The maximum absolute atomic E-state index is 11.4. The Labute approximate surface area is 122 Å². The first-order valence-corrected chi connectivity index (χ1v) is 6.57. The zero-order chi connectivity index (χ0) is 15.6. The van der Waals surface area contributed by atoms with Crippen LogP contribution in [0.2, 0.25) is 0 Å². The second-order valence-corrected chi connectivity index (χ2v) is 4.97. The Morgan fingerprint density at radius 3 is 2.29 bits per heavy atom. The van der Waals surface area contributed by atoms with E-state index in [4.69, 9.17) is 9.47 Å². The van der Waals surface area contributed by atoms with Crippen LogP contribution in [-0.2, 0) is 9.47 Å². The molecule has 1 fully saturated rings. The number of Topliss-reactive ketones (excluding diaryl/α,β-unsaturated/α-hetero) is 1. The second-order valence-electron chi connectivity index (χ2n) is 4.97. The third kappa shape index (κ3) is 3.03. The Morgan fingerprint density at radius 2 is 1.86 bits per heavy atom. The van der Waals surface area contributed by atoms with E-state index in [-0.39, 0.29) is 23.7 Å². The van der Waals surface area contributed by atoms with Crippen LogP contribution in [0.5, 0.6) is 0 Å². The van der Waals surface area contributed by atoms with Crippen LogP contribution in [0.1, 0.15) is 17.3 Å². The molecule has 1 aromatic rings. The normalized spacial score (nSPS) is 21.6. The van der Waals surface area contributed by atoms with Crippen LogP contribution in [0.3, 0.4) is 0 Å². The van der Waals surface area contributed by atoms with Crippen LogP contribution in [-0.4, -0.2) is 50.2 Å². The molecule has 7 heteroatoms. The Hall–Kier alpha value is -1.99. The zero-order valence-electron chi connectivity index (χ0n) is 12.2. The highest BCUT2D eigenvalue weighted by atomic mass is 16.6. The first-order valence-electron chi connectivity index (χ1n) is 6.57. The van der Waals surface area contributed by atoms with E-state index in [2.05, 4.69) is 0 Å². The summed E-state index contributed by atoms with van der Waals surface area (Å²) in [5, 5.41) is 11.3. The standard InChI is InChI=1S/C14H18N2O5/c1-9(17)10-4-5-11(12(6-10)16(18)19)15-7-13(20-2)14(8-15)21-3/h4-6,13-14H,7-8H2,1-3H3. The topological polar surface area (TPSA) is 81.9 Å². The average Bonchev–Trinajstić information content (AvgIpc) is 2.89. The molecular weight excluding hydrogens is 276 g/mol. The predicted molar refractivity (Wildman–Crippen MR) is 76.9 cm³/mol. The fraction of sp³-hybridized carbons (Fsp3) is 0.500. The van der Waals surface area contributed by atoms with Crippen molar-refractivity contribution in [2.24, 2.45) is 0 Å². The molecule has 0 aromatic heterocycles. The van der Waals surface area contributed by atoms with Crippen molar-refractivity contribution in [2.75, 3.05) is 32.2 Å². The van der Waals surface area contributed by atoms with Gasteiger partial charge in [0.15, 0.2) is 5.78 Å². The summed E-state index contributed by atoms with van der Waals surface area (Å²) in [4.78, 5) is 24.0. The monoisotopic (exact) mass is 294 g/mol.